The standard InChI is InChI=1S/C19H21F3O4S/c1-13-4-10-16(11-5-13)27(24,25)26-12-18(2,3)17(23)14-6-8-15(9-7-14)19(20,21)22/h4-11,17,23H,12H2,1-3H3. The third kappa shape index (κ3) is 5.31. The molecule has 8 heteroatoms. The number of hydrogen-bond acceptors (Lipinski definition) is 4. The van der Waals surface area contributed by atoms with Crippen LogP contribution in [-0.2, 0) is 20.5 Å². The summed E-state index contributed by atoms with van der Waals surface area (Å²) >= 11 is 0. The zero-order valence-electron chi connectivity index (χ0n) is 15.1. The lowest BCUT2D eigenvalue weighted by molar-refractivity contribution is -0.137. The highest BCUT2D eigenvalue weighted by Gasteiger charge is 2.34. The minimum absolute atomic E-state index is 0.00656. The molecule has 0 radical (unpaired) electrons. The summed E-state index contributed by atoms with van der Waals surface area (Å²) in [6, 6.07) is 10.2. The third-order valence-corrected chi connectivity index (χ3v) is 5.47. The van der Waals surface area contributed by atoms with Gasteiger partial charge in [-0.05, 0) is 36.8 Å². The van der Waals surface area contributed by atoms with Crippen LogP contribution in [0, 0.1) is 12.3 Å². The Kier molecular flexibility index (Phi) is 6.03. The van der Waals surface area contributed by atoms with E-state index in [4.69, 9.17) is 4.18 Å². The van der Waals surface area contributed by atoms with E-state index in [2.05, 4.69) is 0 Å². The largest absolute Gasteiger partial charge is 0.416 e. The van der Waals surface area contributed by atoms with Crippen molar-refractivity contribution in [3.63, 3.8) is 0 Å². The fourth-order valence-electron chi connectivity index (χ4n) is 2.39. The number of aryl methyl sites for hydroxylation is 1. The smallest absolute Gasteiger partial charge is 0.388 e. The van der Waals surface area contributed by atoms with E-state index in [1.807, 2.05) is 6.92 Å². The minimum Gasteiger partial charge on any atom is -0.388 e. The summed E-state index contributed by atoms with van der Waals surface area (Å²) in [6.45, 7) is 4.62. The Bertz CT molecular complexity index is 871. The van der Waals surface area contributed by atoms with E-state index in [1.165, 1.54) is 24.3 Å². The molecule has 148 valence electrons. The average molecular weight is 402 g/mol. The Hall–Kier alpha value is -1.90. The highest BCUT2D eigenvalue weighted by Crippen LogP contribution is 2.36. The molecule has 0 saturated carbocycles. The van der Waals surface area contributed by atoms with Crippen LogP contribution in [0.4, 0.5) is 13.2 Å². The molecule has 0 heterocycles. The van der Waals surface area contributed by atoms with Gasteiger partial charge in [-0.3, -0.25) is 4.18 Å². The van der Waals surface area contributed by atoms with Crippen molar-refractivity contribution in [2.24, 2.45) is 5.41 Å². The number of rotatable bonds is 6. The van der Waals surface area contributed by atoms with E-state index in [0.717, 1.165) is 17.7 Å². The number of alkyl halides is 3. The SMILES string of the molecule is Cc1ccc(S(=O)(=O)OCC(C)(C)C(O)c2ccc(C(F)(F)F)cc2)cc1. The van der Waals surface area contributed by atoms with Gasteiger partial charge in [0, 0.05) is 5.41 Å². The van der Waals surface area contributed by atoms with Gasteiger partial charge in [-0.25, -0.2) is 0 Å². The Balaban J connectivity index is 2.12. The van der Waals surface area contributed by atoms with Crippen molar-refractivity contribution >= 4 is 10.1 Å². The lowest BCUT2D eigenvalue weighted by Crippen LogP contribution is -2.29. The molecular weight excluding hydrogens is 381 g/mol. The van der Waals surface area contributed by atoms with Gasteiger partial charge in [-0.2, -0.15) is 21.6 Å². The second kappa shape index (κ2) is 7.61. The zero-order chi connectivity index (χ0) is 20.5. The van der Waals surface area contributed by atoms with E-state index in [0.29, 0.717) is 0 Å². The first-order chi connectivity index (χ1) is 12.3. The molecule has 0 aliphatic carbocycles. The molecule has 1 atom stereocenters. The summed E-state index contributed by atoms with van der Waals surface area (Å²) in [7, 11) is -4.01. The van der Waals surface area contributed by atoms with Crippen molar-refractivity contribution in [3.05, 3.63) is 65.2 Å². The van der Waals surface area contributed by atoms with Crippen LogP contribution in [0.25, 0.3) is 0 Å². The number of aliphatic hydroxyl groups is 1. The fourth-order valence-corrected chi connectivity index (χ4v) is 3.45. The summed E-state index contributed by atoms with van der Waals surface area (Å²) in [5.41, 5.74) is -0.747. The molecule has 0 fully saturated rings. The molecule has 0 bridgehead atoms. The Morgan fingerprint density at radius 3 is 2.00 bits per heavy atom. The predicted molar refractivity (Wildman–Crippen MR) is 94.5 cm³/mol. The van der Waals surface area contributed by atoms with Crippen molar-refractivity contribution in [2.45, 2.75) is 37.9 Å². The maximum absolute atomic E-state index is 12.6. The van der Waals surface area contributed by atoms with Crippen molar-refractivity contribution in [2.75, 3.05) is 6.61 Å². The van der Waals surface area contributed by atoms with Crippen LogP contribution in [0.5, 0.6) is 0 Å². The summed E-state index contributed by atoms with van der Waals surface area (Å²) in [4.78, 5) is -0.00656. The molecular formula is C19H21F3O4S. The molecule has 4 nitrogen and oxygen atoms in total. The van der Waals surface area contributed by atoms with Gasteiger partial charge >= 0.3 is 6.18 Å². The van der Waals surface area contributed by atoms with Crippen LogP contribution in [0.1, 0.15) is 36.6 Å². The molecule has 2 aromatic rings. The van der Waals surface area contributed by atoms with Crippen molar-refractivity contribution < 1.29 is 30.9 Å². The Morgan fingerprint density at radius 2 is 1.52 bits per heavy atom. The van der Waals surface area contributed by atoms with Crippen LogP contribution in [-0.4, -0.2) is 20.1 Å². The first-order valence-corrected chi connectivity index (χ1v) is 9.55. The van der Waals surface area contributed by atoms with Crippen LogP contribution < -0.4 is 0 Å². The maximum Gasteiger partial charge on any atom is 0.416 e. The molecule has 0 amide bonds. The van der Waals surface area contributed by atoms with E-state index in [-0.39, 0.29) is 17.1 Å². The monoisotopic (exact) mass is 402 g/mol. The van der Waals surface area contributed by atoms with Crippen LogP contribution in [0.3, 0.4) is 0 Å². The highest BCUT2D eigenvalue weighted by atomic mass is 32.2. The molecule has 0 aliphatic rings. The summed E-state index contributed by atoms with van der Waals surface area (Å²) in [6.07, 6.45) is -5.68. The molecule has 2 rings (SSSR count). The number of aliphatic hydroxyl groups excluding tert-OH is 1. The number of hydrogen-bond donors (Lipinski definition) is 1. The maximum atomic E-state index is 12.6. The summed E-state index contributed by atoms with van der Waals surface area (Å²) < 4.78 is 67.6. The van der Waals surface area contributed by atoms with E-state index >= 15 is 0 Å². The first kappa shape index (κ1) is 21.4. The molecule has 0 aliphatic heterocycles. The molecule has 0 saturated heterocycles. The van der Waals surface area contributed by atoms with Gasteiger partial charge in [-0.1, -0.05) is 43.7 Å². The zero-order valence-corrected chi connectivity index (χ0v) is 15.9. The van der Waals surface area contributed by atoms with Gasteiger partial charge in [0.15, 0.2) is 0 Å². The van der Waals surface area contributed by atoms with Crippen molar-refractivity contribution in [3.8, 4) is 0 Å². The average Bonchev–Trinajstić information content (AvgIpc) is 2.59. The summed E-state index contributed by atoms with van der Waals surface area (Å²) in [5, 5.41) is 10.5. The van der Waals surface area contributed by atoms with Crippen LogP contribution >= 0.6 is 0 Å². The van der Waals surface area contributed by atoms with Gasteiger partial charge < -0.3 is 5.11 Å². The van der Waals surface area contributed by atoms with Crippen LogP contribution in [0.2, 0.25) is 0 Å². The topological polar surface area (TPSA) is 63.6 Å². The van der Waals surface area contributed by atoms with Crippen molar-refractivity contribution in [1.29, 1.82) is 0 Å². The second-order valence-corrected chi connectivity index (χ2v) is 8.66. The minimum atomic E-state index is -4.47. The molecule has 27 heavy (non-hydrogen) atoms. The van der Waals surface area contributed by atoms with E-state index in [9.17, 15) is 26.7 Å². The predicted octanol–water partition coefficient (Wildman–Crippen LogP) is 4.48. The first-order valence-electron chi connectivity index (χ1n) is 8.14. The Morgan fingerprint density at radius 1 is 1.00 bits per heavy atom. The van der Waals surface area contributed by atoms with Gasteiger partial charge in [0.2, 0.25) is 0 Å². The number of benzene rings is 2. The molecule has 1 unspecified atom stereocenters. The van der Waals surface area contributed by atoms with Crippen molar-refractivity contribution in [1.82, 2.24) is 0 Å². The highest BCUT2D eigenvalue weighted by molar-refractivity contribution is 7.86. The second-order valence-electron chi connectivity index (χ2n) is 7.04. The molecule has 0 aromatic heterocycles. The van der Waals surface area contributed by atoms with E-state index < -0.39 is 33.4 Å². The molecule has 1 N–H and O–H groups in total. The third-order valence-electron chi connectivity index (χ3n) is 4.19. The Labute approximate surface area is 156 Å². The lowest BCUT2D eigenvalue weighted by Gasteiger charge is -2.30. The lowest BCUT2D eigenvalue weighted by atomic mass is 9.83. The molecule has 0 spiro atoms. The number of halogens is 3. The van der Waals surface area contributed by atoms with Gasteiger partial charge in [-0.15, -0.1) is 0 Å². The van der Waals surface area contributed by atoms with Gasteiger partial charge in [0.05, 0.1) is 23.2 Å². The van der Waals surface area contributed by atoms with Crippen LogP contribution in [0.15, 0.2) is 53.4 Å². The van der Waals surface area contributed by atoms with Gasteiger partial charge in [0.1, 0.15) is 0 Å². The fraction of sp³-hybridized carbons (Fsp3) is 0.368. The summed E-state index contributed by atoms with van der Waals surface area (Å²) in [5.74, 6) is 0. The van der Waals surface area contributed by atoms with E-state index in [1.54, 1.807) is 26.0 Å². The normalized spacial score (nSPS) is 14.2. The van der Waals surface area contributed by atoms with Gasteiger partial charge in [0.25, 0.3) is 10.1 Å². The quantitative estimate of drug-likeness (QED) is 0.724. The molecule has 2 aromatic carbocycles.